The molecule has 4 atom stereocenters. The first kappa shape index (κ1) is 26.2. The number of carbonyl (C=O) groups is 2. The van der Waals surface area contributed by atoms with Crippen LogP contribution in [0.15, 0.2) is 53.4 Å². The third-order valence-electron chi connectivity index (χ3n) is 6.50. The van der Waals surface area contributed by atoms with Crippen LogP contribution in [0, 0.1) is 17.5 Å². The van der Waals surface area contributed by atoms with Crippen LogP contribution in [0.1, 0.15) is 36.4 Å². The summed E-state index contributed by atoms with van der Waals surface area (Å²) in [6.45, 7) is 0.491. The summed E-state index contributed by atoms with van der Waals surface area (Å²) in [6.07, 6.45) is -2.00. The number of rotatable bonds is 8. The first-order valence-electron chi connectivity index (χ1n) is 11.7. The number of amides is 2. The summed E-state index contributed by atoms with van der Waals surface area (Å²) in [5.74, 6) is -3.28. The van der Waals surface area contributed by atoms with Crippen molar-refractivity contribution in [2.24, 2.45) is 0 Å². The van der Waals surface area contributed by atoms with Crippen LogP contribution in [0.25, 0.3) is 0 Å². The van der Waals surface area contributed by atoms with E-state index < -0.39 is 41.5 Å². The average Bonchev–Trinajstić information content (AvgIpc) is 3.54. The van der Waals surface area contributed by atoms with E-state index in [4.69, 9.17) is 0 Å². The van der Waals surface area contributed by atoms with Gasteiger partial charge in [-0.05, 0) is 60.9 Å². The lowest BCUT2D eigenvalue weighted by molar-refractivity contribution is -0.153. The summed E-state index contributed by atoms with van der Waals surface area (Å²) >= 11 is 1.40. The van der Waals surface area contributed by atoms with E-state index in [9.17, 15) is 33.0 Å². The Morgan fingerprint density at radius 2 is 1.75 bits per heavy atom. The molecular weight excluding hydrogens is 493 g/mol. The van der Waals surface area contributed by atoms with Crippen molar-refractivity contribution in [3.8, 4) is 0 Å². The minimum Gasteiger partial charge on any atom is -0.380 e. The monoisotopic (exact) mass is 520 g/mol. The Morgan fingerprint density at radius 3 is 2.44 bits per heavy atom. The quantitative estimate of drug-likeness (QED) is 0.498. The maximum Gasteiger partial charge on any atom is 0.255 e. The number of hydrogen-bond acceptors (Lipinski definition) is 5. The first-order valence-corrected chi connectivity index (χ1v) is 12.6. The molecule has 36 heavy (non-hydrogen) atoms. The Morgan fingerprint density at radius 1 is 1.06 bits per heavy atom. The Kier molecular flexibility index (Phi) is 8.38. The molecule has 1 saturated heterocycles. The van der Waals surface area contributed by atoms with Gasteiger partial charge in [-0.3, -0.25) is 9.59 Å². The second-order valence-corrected chi connectivity index (χ2v) is 10.2. The van der Waals surface area contributed by atoms with E-state index in [1.165, 1.54) is 47.0 Å². The van der Waals surface area contributed by atoms with Crippen LogP contribution in [-0.2, 0) is 16.0 Å². The summed E-state index contributed by atoms with van der Waals surface area (Å²) in [4.78, 5) is 26.7. The van der Waals surface area contributed by atoms with Crippen LogP contribution >= 0.6 is 11.8 Å². The SMILES string of the molecule is O=C(NCC1CC(Cc2c(F)cccc2F)=CS1)[C@H](O)[C@@H](O)C(=O)N1CCCC1c1ccc(F)cc1. The number of carbonyl (C=O) groups excluding carboxylic acids is 2. The molecule has 1 fully saturated rings. The van der Waals surface area contributed by atoms with Crippen molar-refractivity contribution in [2.75, 3.05) is 13.1 Å². The molecule has 0 bridgehead atoms. The Bertz CT molecular complexity index is 1120. The maximum absolute atomic E-state index is 13.9. The van der Waals surface area contributed by atoms with Gasteiger partial charge in [0, 0.05) is 23.9 Å². The van der Waals surface area contributed by atoms with E-state index in [0.29, 0.717) is 31.4 Å². The largest absolute Gasteiger partial charge is 0.380 e. The van der Waals surface area contributed by atoms with Gasteiger partial charge in [0.25, 0.3) is 11.8 Å². The molecular formula is C26H27F3N2O4S. The number of benzene rings is 2. The van der Waals surface area contributed by atoms with Gasteiger partial charge in [-0.25, -0.2) is 13.2 Å². The second kappa shape index (κ2) is 11.5. The normalized spacial score (nSPS) is 21.2. The second-order valence-electron chi connectivity index (χ2n) is 8.99. The fourth-order valence-electron chi connectivity index (χ4n) is 4.57. The molecule has 2 aromatic carbocycles. The van der Waals surface area contributed by atoms with Crippen molar-refractivity contribution in [3.63, 3.8) is 0 Å². The summed E-state index contributed by atoms with van der Waals surface area (Å²) < 4.78 is 41.1. The highest BCUT2D eigenvalue weighted by molar-refractivity contribution is 8.03. The summed E-state index contributed by atoms with van der Waals surface area (Å²) in [6, 6.07) is 9.08. The topological polar surface area (TPSA) is 89.9 Å². The number of likely N-dealkylation sites (tertiary alicyclic amines) is 1. The molecule has 6 nitrogen and oxygen atoms in total. The van der Waals surface area contributed by atoms with E-state index in [0.717, 1.165) is 5.57 Å². The van der Waals surface area contributed by atoms with Gasteiger partial charge in [0.15, 0.2) is 12.2 Å². The molecule has 0 saturated carbocycles. The molecule has 0 spiro atoms. The van der Waals surface area contributed by atoms with Gasteiger partial charge in [-0.2, -0.15) is 0 Å². The zero-order chi connectivity index (χ0) is 25.8. The van der Waals surface area contributed by atoms with Crippen molar-refractivity contribution in [2.45, 2.75) is 49.2 Å². The van der Waals surface area contributed by atoms with Gasteiger partial charge < -0.3 is 20.4 Å². The molecule has 0 aromatic heterocycles. The van der Waals surface area contributed by atoms with E-state index >= 15 is 0 Å². The Hall–Kier alpha value is -2.82. The summed E-state index contributed by atoms with van der Waals surface area (Å²) in [5.41, 5.74) is 1.53. The molecule has 3 N–H and O–H groups in total. The molecule has 2 aliphatic heterocycles. The maximum atomic E-state index is 13.9. The molecule has 2 heterocycles. The Labute approximate surface area is 211 Å². The van der Waals surface area contributed by atoms with E-state index in [2.05, 4.69) is 5.32 Å². The third-order valence-corrected chi connectivity index (χ3v) is 7.69. The van der Waals surface area contributed by atoms with Crippen LogP contribution < -0.4 is 5.32 Å². The van der Waals surface area contributed by atoms with Crippen LogP contribution in [0.3, 0.4) is 0 Å². The number of halogens is 3. The lowest BCUT2D eigenvalue weighted by Gasteiger charge is -2.28. The van der Waals surface area contributed by atoms with Crippen molar-refractivity contribution in [1.29, 1.82) is 0 Å². The molecule has 2 aromatic rings. The van der Waals surface area contributed by atoms with E-state index in [1.807, 2.05) is 0 Å². The van der Waals surface area contributed by atoms with Crippen molar-refractivity contribution >= 4 is 23.6 Å². The predicted octanol–water partition coefficient (Wildman–Crippen LogP) is 3.24. The minimum atomic E-state index is -1.96. The molecule has 2 aliphatic rings. The number of nitrogens with one attached hydrogen (secondary N) is 1. The summed E-state index contributed by atoms with van der Waals surface area (Å²) in [7, 11) is 0. The highest BCUT2D eigenvalue weighted by atomic mass is 32.2. The zero-order valence-corrected chi connectivity index (χ0v) is 20.2. The summed E-state index contributed by atoms with van der Waals surface area (Å²) in [5, 5.41) is 25.0. The molecule has 192 valence electrons. The zero-order valence-electron chi connectivity index (χ0n) is 19.4. The smallest absolute Gasteiger partial charge is 0.255 e. The molecule has 0 aliphatic carbocycles. The fourth-order valence-corrected chi connectivity index (χ4v) is 5.63. The lowest BCUT2D eigenvalue weighted by Crippen LogP contribution is -2.51. The molecule has 2 amide bonds. The number of aliphatic hydroxyl groups is 2. The van der Waals surface area contributed by atoms with Crippen LogP contribution in [0.4, 0.5) is 13.2 Å². The van der Waals surface area contributed by atoms with Crippen molar-refractivity contribution in [1.82, 2.24) is 10.2 Å². The van der Waals surface area contributed by atoms with E-state index in [-0.39, 0.29) is 29.8 Å². The molecule has 10 heteroatoms. The highest BCUT2D eigenvalue weighted by Crippen LogP contribution is 2.34. The predicted molar refractivity (Wildman–Crippen MR) is 129 cm³/mol. The van der Waals surface area contributed by atoms with Crippen LogP contribution in [-0.4, -0.2) is 57.5 Å². The van der Waals surface area contributed by atoms with Gasteiger partial charge in [-0.15, -0.1) is 11.8 Å². The Balaban J connectivity index is 1.27. The minimum absolute atomic E-state index is 0.00746. The number of allylic oxidation sites excluding steroid dienone is 1. The van der Waals surface area contributed by atoms with Crippen LogP contribution in [0.2, 0.25) is 0 Å². The lowest BCUT2D eigenvalue weighted by atomic mass is 10.0. The number of aliphatic hydroxyl groups excluding tert-OH is 2. The fraction of sp³-hybridized carbons (Fsp3) is 0.385. The van der Waals surface area contributed by atoms with Gasteiger partial charge >= 0.3 is 0 Å². The standard InChI is InChI=1S/C26H27F3N2O4S/c27-17-8-6-16(7-9-17)22-5-2-10-31(22)26(35)24(33)23(32)25(34)30-13-18-11-15(14-36-18)12-19-20(28)3-1-4-21(19)29/h1,3-4,6-9,14,18,22-24,32-33H,2,5,10-13H2,(H,30,34)/t18?,22?,23-,24-/m1/s1. The van der Waals surface area contributed by atoms with Gasteiger partial charge in [-0.1, -0.05) is 23.8 Å². The average molecular weight is 521 g/mol. The van der Waals surface area contributed by atoms with E-state index in [1.54, 1.807) is 17.5 Å². The van der Waals surface area contributed by atoms with Gasteiger partial charge in [0.1, 0.15) is 17.5 Å². The number of nitrogens with zero attached hydrogens (tertiary/aromatic N) is 1. The third kappa shape index (κ3) is 5.93. The van der Waals surface area contributed by atoms with Crippen molar-refractivity contribution < 1.29 is 33.0 Å². The number of hydrogen-bond donors (Lipinski definition) is 3. The highest BCUT2D eigenvalue weighted by Gasteiger charge is 2.38. The first-order chi connectivity index (χ1) is 17.2. The van der Waals surface area contributed by atoms with Crippen LogP contribution in [0.5, 0.6) is 0 Å². The number of thioether (sulfide) groups is 1. The van der Waals surface area contributed by atoms with Gasteiger partial charge in [0.2, 0.25) is 0 Å². The van der Waals surface area contributed by atoms with Gasteiger partial charge in [0.05, 0.1) is 6.04 Å². The molecule has 0 radical (unpaired) electrons. The molecule has 2 unspecified atom stereocenters. The molecule has 4 rings (SSSR count). The van der Waals surface area contributed by atoms with Crippen molar-refractivity contribution in [3.05, 3.63) is 82.0 Å².